The maximum absolute atomic E-state index is 6.20. The maximum Gasteiger partial charge on any atom is 0.130 e. The quantitative estimate of drug-likeness (QED) is 0.393. The highest BCUT2D eigenvalue weighted by Gasteiger charge is 2.19. The first-order valence-corrected chi connectivity index (χ1v) is 13.6. The van der Waals surface area contributed by atoms with E-state index in [1.54, 1.807) is 28.4 Å². The van der Waals surface area contributed by atoms with E-state index in [1.165, 1.54) is 0 Å². The molecule has 0 aromatic heterocycles. The number of rotatable bonds is 6. The molecule has 9 nitrogen and oxygen atoms in total. The van der Waals surface area contributed by atoms with Gasteiger partial charge in [-0.05, 0) is 47.5 Å². The Bertz CT molecular complexity index is 1090. The van der Waals surface area contributed by atoms with E-state index in [9.17, 15) is 0 Å². The largest absolute Gasteiger partial charge is 0.497 e. The van der Waals surface area contributed by atoms with E-state index in [-0.39, 0.29) is 12.2 Å². The first kappa shape index (κ1) is 30.6. The van der Waals surface area contributed by atoms with Crippen LogP contribution in [0.4, 0.5) is 0 Å². The van der Waals surface area contributed by atoms with Crippen LogP contribution in [0.1, 0.15) is 34.5 Å². The van der Waals surface area contributed by atoms with Gasteiger partial charge in [-0.2, -0.15) is 0 Å². The molecule has 1 heterocycles. The van der Waals surface area contributed by atoms with Gasteiger partial charge in [0.1, 0.15) is 35.2 Å². The van der Waals surface area contributed by atoms with Crippen LogP contribution in [-0.4, -0.2) is 68.1 Å². The van der Waals surface area contributed by atoms with Crippen LogP contribution in [0.2, 0.25) is 0 Å². The molecule has 9 heteroatoms. The van der Waals surface area contributed by atoms with Crippen molar-refractivity contribution >= 4 is 0 Å². The molecule has 1 aliphatic rings. The average molecular weight is 569 g/mol. The highest BCUT2D eigenvalue weighted by Crippen LogP contribution is 2.32. The molecule has 222 valence electrons. The lowest BCUT2D eigenvalue weighted by atomic mass is 10.1. The number of methoxy groups -OCH3 is 4. The van der Waals surface area contributed by atoms with Crippen molar-refractivity contribution in [3.8, 4) is 23.0 Å². The summed E-state index contributed by atoms with van der Waals surface area (Å²) in [7, 11) is 6.57. The van der Waals surface area contributed by atoms with Crippen LogP contribution in [0.5, 0.6) is 23.0 Å². The first-order valence-electron chi connectivity index (χ1n) is 13.6. The normalized spacial score (nSPS) is 19.4. The van der Waals surface area contributed by atoms with Gasteiger partial charge in [-0.15, -0.1) is 0 Å². The first-order chi connectivity index (χ1) is 20.1. The Balaban J connectivity index is 1.55. The molecule has 2 bridgehead atoms. The number of fused-ring (bicyclic) bond motifs is 2. The van der Waals surface area contributed by atoms with Crippen molar-refractivity contribution in [3.63, 3.8) is 0 Å². The zero-order chi connectivity index (χ0) is 28.9. The second kappa shape index (κ2) is 16.2. The van der Waals surface area contributed by atoms with Crippen molar-refractivity contribution in [2.75, 3.05) is 68.1 Å². The molecule has 0 fully saturated rings. The Morgan fingerprint density at radius 2 is 0.951 bits per heavy atom. The summed E-state index contributed by atoms with van der Waals surface area (Å²) in [5, 5.41) is 0. The van der Waals surface area contributed by atoms with Gasteiger partial charge in [-0.1, -0.05) is 24.3 Å². The Morgan fingerprint density at radius 3 is 1.34 bits per heavy atom. The van der Waals surface area contributed by atoms with Gasteiger partial charge in [0.05, 0.1) is 81.3 Å². The highest BCUT2D eigenvalue weighted by atomic mass is 16.6. The molecule has 0 radical (unpaired) electrons. The molecule has 3 aromatic carbocycles. The molecule has 0 amide bonds. The number of benzene rings is 3. The van der Waals surface area contributed by atoms with E-state index in [4.69, 9.17) is 42.6 Å². The molecule has 0 aliphatic carbocycles. The molecule has 0 unspecified atom stereocenters. The van der Waals surface area contributed by atoms with E-state index in [0.29, 0.717) is 64.4 Å². The fourth-order valence-electron chi connectivity index (χ4n) is 4.59. The summed E-state index contributed by atoms with van der Waals surface area (Å²) >= 11 is 0. The Kier molecular flexibility index (Phi) is 12.1. The monoisotopic (exact) mass is 568 g/mol. The predicted octanol–water partition coefficient (Wildman–Crippen LogP) is 5.30. The lowest BCUT2D eigenvalue weighted by Gasteiger charge is -2.22. The van der Waals surface area contributed by atoms with Crippen molar-refractivity contribution in [1.29, 1.82) is 0 Å². The second-order valence-corrected chi connectivity index (χ2v) is 9.39. The van der Waals surface area contributed by atoms with Crippen molar-refractivity contribution in [2.45, 2.75) is 25.4 Å². The van der Waals surface area contributed by atoms with Gasteiger partial charge in [0.15, 0.2) is 0 Å². The third-order valence-corrected chi connectivity index (χ3v) is 6.78. The molecular formula is C32H40O9. The fraction of sp³-hybridized carbons (Fsp3) is 0.438. The second-order valence-electron chi connectivity index (χ2n) is 9.39. The summed E-state index contributed by atoms with van der Waals surface area (Å²) in [5.41, 5.74) is 3.67. The molecule has 0 spiro atoms. The molecule has 2 atom stereocenters. The van der Waals surface area contributed by atoms with Gasteiger partial charge in [0, 0.05) is 11.1 Å². The van der Waals surface area contributed by atoms with E-state index in [1.807, 2.05) is 60.7 Å². The minimum Gasteiger partial charge on any atom is -0.497 e. The SMILES string of the molecule is COc1ccc([C@H]2COCc3cc(OC)cc(c3OC)COC[C@H](c3ccc(OC)cc3)OCCOCCO2)cc1. The molecule has 41 heavy (non-hydrogen) atoms. The van der Waals surface area contributed by atoms with Crippen LogP contribution in [0.3, 0.4) is 0 Å². The van der Waals surface area contributed by atoms with E-state index < -0.39 is 0 Å². The molecular weight excluding hydrogens is 528 g/mol. The maximum atomic E-state index is 6.20. The van der Waals surface area contributed by atoms with Gasteiger partial charge in [-0.3, -0.25) is 0 Å². The van der Waals surface area contributed by atoms with Gasteiger partial charge in [0.25, 0.3) is 0 Å². The van der Waals surface area contributed by atoms with Crippen LogP contribution < -0.4 is 18.9 Å². The smallest absolute Gasteiger partial charge is 0.130 e. The van der Waals surface area contributed by atoms with Crippen molar-refractivity contribution in [3.05, 3.63) is 82.9 Å². The summed E-state index contributed by atoms with van der Waals surface area (Å²) in [6.45, 7) is 2.93. The zero-order valence-electron chi connectivity index (χ0n) is 24.3. The van der Waals surface area contributed by atoms with Crippen LogP contribution in [-0.2, 0) is 36.9 Å². The van der Waals surface area contributed by atoms with Crippen molar-refractivity contribution in [1.82, 2.24) is 0 Å². The molecule has 0 N–H and O–H groups in total. The third-order valence-electron chi connectivity index (χ3n) is 6.78. The van der Waals surface area contributed by atoms with Crippen LogP contribution in [0.25, 0.3) is 0 Å². The summed E-state index contributed by atoms with van der Waals surface area (Å²) < 4.78 is 52.6. The van der Waals surface area contributed by atoms with Crippen LogP contribution in [0.15, 0.2) is 60.7 Å². The van der Waals surface area contributed by atoms with Gasteiger partial charge < -0.3 is 42.6 Å². The Labute approximate surface area is 242 Å². The number of hydrogen-bond acceptors (Lipinski definition) is 9. The Hall–Kier alpha value is -3.34. The van der Waals surface area contributed by atoms with Crippen LogP contribution in [0, 0.1) is 0 Å². The fourth-order valence-corrected chi connectivity index (χ4v) is 4.59. The number of hydrogen-bond donors (Lipinski definition) is 0. The van der Waals surface area contributed by atoms with Crippen LogP contribution >= 0.6 is 0 Å². The lowest BCUT2D eigenvalue weighted by Crippen LogP contribution is -2.18. The summed E-state index contributed by atoms with van der Waals surface area (Å²) in [5.74, 6) is 2.95. The topological polar surface area (TPSA) is 83.1 Å². The van der Waals surface area contributed by atoms with Crippen molar-refractivity contribution in [2.24, 2.45) is 0 Å². The average Bonchev–Trinajstić information content (AvgIpc) is 3.02. The minimum atomic E-state index is -0.293. The summed E-state index contributed by atoms with van der Waals surface area (Å²) in [6.07, 6.45) is -0.586. The molecule has 0 saturated heterocycles. The van der Waals surface area contributed by atoms with Gasteiger partial charge >= 0.3 is 0 Å². The molecule has 1 aliphatic heterocycles. The summed E-state index contributed by atoms with van der Waals surface area (Å²) in [6, 6.07) is 19.4. The number of ether oxygens (including phenoxy) is 9. The molecule has 4 rings (SSSR count). The molecule has 3 aromatic rings. The standard InChI is InChI=1S/C32H40O9/c1-33-27-9-5-23(6-10-27)30-21-38-19-25-17-29(35-3)18-26(32(25)36-4)20-39-22-31(41-16-14-37-13-15-40-30)24-7-11-28(34-2)12-8-24/h5-12,17-18,30-31H,13-16,19-22H2,1-4H3/t30-,31-/m1/s1. The minimum absolute atomic E-state index is 0.293. The van der Waals surface area contributed by atoms with Crippen molar-refractivity contribution < 1.29 is 42.6 Å². The third kappa shape index (κ3) is 8.82. The van der Waals surface area contributed by atoms with E-state index in [0.717, 1.165) is 33.8 Å². The Morgan fingerprint density at radius 1 is 0.512 bits per heavy atom. The predicted molar refractivity (Wildman–Crippen MR) is 153 cm³/mol. The summed E-state index contributed by atoms with van der Waals surface area (Å²) in [4.78, 5) is 0. The van der Waals surface area contributed by atoms with E-state index in [2.05, 4.69) is 0 Å². The molecule has 0 saturated carbocycles. The van der Waals surface area contributed by atoms with Gasteiger partial charge in [-0.25, -0.2) is 0 Å². The lowest BCUT2D eigenvalue weighted by molar-refractivity contribution is -0.0646. The van der Waals surface area contributed by atoms with Gasteiger partial charge in [0.2, 0.25) is 0 Å². The van der Waals surface area contributed by atoms with E-state index >= 15 is 0 Å². The highest BCUT2D eigenvalue weighted by molar-refractivity contribution is 5.47. The zero-order valence-corrected chi connectivity index (χ0v) is 24.3.